The molecule has 1 N–H and O–H groups in total. The molecule has 1 saturated heterocycles. The molecule has 1 aliphatic heterocycles. The van der Waals surface area contributed by atoms with Crippen molar-refractivity contribution >= 4 is 23.0 Å². The Morgan fingerprint density at radius 1 is 1.19 bits per heavy atom. The lowest BCUT2D eigenvalue weighted by Gasteiger charge is -2.38. The van der Waals surface area contributed by atoms with E-state index in [1.54, 1.807) is 6.92 Å². The molecule has 204 valence electrons. The Balaban J connectivity index is 0.000000208. The number of carbonyl (C=O) groups excluding carboxylic acids is 2. The number of carbonyl (C=O) groups is 2. The zero-order chi connectivity index (χ0) is 27.0. The maximum atomic E-state index is 12.4. The molecule has 6 nitrogen and oxygen atoms in total. The van der Waals surface area contributed by atoms with Crippen LogP contribution in [0.25, 0.3) is 11.3 Å². The number of thiazole rings is 1. The van der Waals surface area contributed by atoms with Gasteiger partial charge in [0.2, 0.25) is 5.91 Å². The van der Waals surface area contributed by atoms with Gasteiger partial charge in [0, 0.05) is 42.0 Å². The number of halogens is 3. The lowest BCUT2D eigenvalue weighted by atomic mass is 9.87. The number of aryl methyl sites for hydroxylation is 1. The average molecular weight is 540 g/mol. The maximum Gasteiger partial charge on any atom is 0.416 e. The van der Waals surface area contributed by atoms with Gasteiger partial charge in [0.15, 0.2) is 0 Å². The fourth-order valence-corrected chi connectivity index (χ4v) is 5.09. The third-order valence-electron chi connectivity index (χ3n) is 6.68. The molecule has 10 heteroatoms. The summed E-state index contributed by atoms with van der Waals surface area (Å²) in [4.78, 5) is 29.9. The fourth-order valence-electron chi connectivity index (χ4n) is 4.34. The van der Waals surface area contributed by atoms with Gasteiger partial charge in [-0.25, -0.2) is 4.98 Å². The number of rotatable bonds is 9. The monoisotopic (exact) mass is 539 g/mol. The first-order valence-electron chi connectivity index (χ1n) is 12.8. The predicted octanol–water partition coefficient (Wildman–Crippen LogP) is 5.36. The van der Waals surface area contributed by atoms with Crippen molar-refractivity contribution in [3.8, 4) is 11.3 Å². The summed E-state index contributed by atoms with van der Waals surface area (Å²) in [5.74, 6) is 0.184. The van der Waals surface area contributed by atoms with Crippen LogP contribution in [0.1, 0.15) is 57.0 Å². The van der Waals surface area contributed by atoms with Gasteiger partial charge in [-0.1, -0.05) is 19.1 Å². The molecule has 1 aromatic heterocycles. The number of benzene rings is 1. The summed E-state index contributed by atoms with van der Waals surface area (Å²) in [7, 11) is 0. The van der Waals surface area contributed by atoms with Crippen LogP contribution >= 0.6 is 11.3 Å². The van der Waals surface area contributed by atoms with Crippen molar-refractivity contribution in [2.24, 2.45) is 5.92 Å². The van der Waals surface area contributed by atoms with Gasteiger partial charge in [0.1, 0.15) is 12.4 Å². The summed E-state index contributed by atoms with van der Waals surface area (Å²) < 4.78 is 42.5. The SMILES string of the molecule is CC(=O)C1CCCN(C(=O)COCCNC2CC2)C1C.CCc1nc(-c2ccc(C(F)(F)F)cc2)cs1. The normalized spacial score (nSPS) is 19.8. The van der Waals surface area contributed by atoms with Crippen LogP contribution in [0.4, 0.5) is 13.2 Å². The Morgan fingerprint density at radius 2 is 1.89 bits per heavy atom. The van der Waals surface area contributed by atoms with Crippen molar-refractivity contribution < 1.29 is 27.5 Å². The fraction of sp³-hybridized carbons (Fsp3) is 0.593. The average Bonchev–Trinajstić information content (AvgIpc) is 3.56. The largest absolute Gasteiger partial charge is 0.416 e. The van der Waals surface area contributed by atoms with Crippen molar-refractivity contribution in [1.29, 1.82) is 0 Å². The number of Topliss-reactive ketones (excluding diaryl/α,β-unsaturated/α-hetero) is 1. The molecule has 1 aromatic carbocycles. The van der Waals surface area contributed by atoms with E-state index >= 15 is 0 Å². The zero-order valence-corrected chi connectivity index (χ0v) is 22.5. The number of ether oxygens (including phenoxy) is 1. The molecule has 37 heavy (non-hydrogen) atoms. The second-order valence-corrected chi connectivity index (χ2v) is 10.5. The molecule has 2 atom stereocenters. The summed E-state index contributed by atoms with van der Waals surface area (Å²) in [6.07, 6.45) is 0.879. The number of likely N-dealkylation sites (tertiary alicyclic amines) is 1. The summed E-state index contributed by atoms with van der Waals surface area (Å²) in [6, 6.07) is 5.75. The first kappa shape index (κ1) is 29.3. The van der Waals surface area contributed by atoms with Gasteiger partial charge >= 0.3 is 6.18 Å². The molecule has 2 aliphatic rings. The Labute approximate surface area is 220 Å². The highest BCUT2D eigenvalue weighted by Crippen LogP contribution is 2.31. The minimum Gasteiger partial charge on any atom is -0.370 e. The van der Waals surface area contributed by atoms with Gasteiger partial charge in [-0.2, -0.15) is 13.2 Å². The summed E-state index contributed by atoms with van der Waals surface area (Å²) >= 11 is 1.52. The van der Waals surface area contributed by atoms with Crippen LogP contribution in [0.3, 0.4) is 0 Å². The number of nitrogens with zero attached hydrogens (tertiary/aromatic N) is 2. The molecule has 1 aliphatic carbocycles. The van der Waals surface area contributed by atoms with Gasteiger partial charge in [-0.15, -0.1) is 11.3 Å². The molecule has 0 spiro atoms. The van der Waals surface area contributed by atoms with Gasteiger partial charge < -0.3 is 15.0 Å². The van der Waals surface area contributed by atoms with Crippen LogP contribution in [0.15, 0.2) is 29.6 Å². The molecular weight excluding hydrogens is 503 g/mol. The molecule has 0 radical (unpaired) electrons. The Kier molecular flexibility index (Phi) is 10.7. The van der Waals surface area contributed by atoms with Crippen molar-refractivity contribution in [3.05, 3.63) is 40.2 Å². The number of ketones is 1. The second-order valence-electron chi connectivity index (χ2n) is 9.52. The maximum absolute atomic E-state index is 12.4. The lowest BCUT2D eigenvalue weighted by Crippen LogP contribution is -2.50. The molecule has 2 unspecified atom stereocenters. The number of hydrogen-bond acceptors (Lipinski definition) is 6. The van der Waals surface area contributed by atoms with Crippen LogP contribution in [0, 0.1) is 5.92 Å². The number of nitrogens with one attached hydrogen (secondary N) is 1. The molecule has 2 fully saturated rings. The van der Waals surface area contributed by atoms with Crippen molar-refractivity contribution in [2.75, 3.05) is 26.3 Å². The highest BCUT2D eigenvalue weighted by atomic mass is 32.1. The summed E-state index contributed by atoms with van der Waals surface area (Å²) in [6.45, 7) is 7.83. The van der Waals surface area contributed by atoms with Crippen LogP contribution < -0.4 is 5.32 Å². The number of hydrogen-bond donors (Lipinski definition) is 1. The lowest BCUT2D eigenvalue weighted by molar-refractivity contribution is -0.142. The van der Waals surface area contributed by atoms with Crippen LogP contribution in [-0.4, -0.2) is 60.0 Å². The van der Waals surface area contributed by atoms with E-state index in [1.165, 1.54) is 36.3 Å². The van der Waals surface area contributed by atoms with E-state index in [9.17, 15) is 22.8 Å². The van der Waals surface area contributed by atoms with Crippen molar-refractivity contribution in [3.63, 3.8) is 0 Å². The topological polar surface area (TPSA) is 71.5 Å². The zero-order valence-electron chi connectivity index (χ0n) is 21.6. The minimum absolute atomic E-state index is 0.00180. The first-order valence-corrected chi connectivity index (χ1v) is 13.7. The molecule has 1 amide bonds. The first-order chi connectivity index (χ1) is 17.6. The van der Waals surface area contributed by atoms with E-state index in [0.29, 0.717) is 18.2 Å². The van der Waals surface area contributed by atoms with Gasteiger partial charge in [-0.05, 0) is 58.1 Å². The molecule has 4 rings (SSSR count). The molecule has 2 heterocycles. The van der Waals surface area contributed by atoms with Gasteiger partial charge in [0.05, 0.1) is 22.9 Å². The van der Waals surface area contributed by atoms with Crippen LogP contribution in [0.5, 0.6) is 0 Å². The smallest absolute Gasteiger partial charge is 0.370 e. The highest BCUT2D eigenvalue weighted by Gasteiger charge is 2.33. The van der Waals surface area contributed by atoms with E-state index in [2.05, 4.69) is 10.3 Å². The van der Waals surface area contributed by atoms with E-state index in [4.69, 9.17) is 4.74 Å². The van der Waals surface area contributed by atoms with Crippen molar-refractivity contribution in [2.45, 2.75) is 71.1 Å². The Morgan fingerprint density at radius 3 is 2.46 bits per heavy atom. The Bertz CT molecular complexity index is 1020. The van der Waals surface area contributed by atoms with E-state index in [1.807, 2.05) is 24.1 Å². The summed E-state index contributed by atoms with van der Waals surface area (Å²) in [5, 5.41) is 6.19. The second kappa shape index (κ2) is 13.5. The number of amides is 1. The van der Waals surface area contributed by atoms with E-state index in [-0.39, 0.29) is 30.3 Å². The quantitative estimate of drug-likeness (QED) is 0.435. The predicted molar refractivity (Wildman–Crippen MR) is 138 cm³/mol. The molecule has 2 aromatic rings. The van der Waals surface area contributed by atoms with Gasteiger partial charge in [-0.3, -0.25) is 9.59 Å². The van der Waals surface area contributed by atoms with Gasteiger partial charge in [0.25, 0.3) is 0 Å². The molecule has 1 saturated carbocycles. The number of alkyl halides is 3. The standard InChI is InChI=1S/C15H26N2O3.C12H10F3NS/c1-11-14(12(2)18)4-3-8-17(11)15(19)10-20-9-7-16-13-5-6-13;1-2-11-16-10(7-17-11)8-3-5-9(6-4-8)12(13,14)15/h11,13-14,16H,3-10H2,1-2H3;3-7H,2H2,1H3. The highest BCUT2D eigenvalue weighted by molar-refractivity contribution is 7.09. The number of aromatic nitrogens is 1. The Hall–Kier alpha value is -2.30. The minimum atomic E-state index is -4.28. The molecule has 0 bridgehead atoms. The summed E-state index contributed by atoms with van der Waals surface area (Å²) in [5.41, 5.74) is 0.821. The third-order valence-corrected chi connectivity index (χ3v) is 7.67. The molecular formula is C27H36F3N3O3S. The van der Waals surface area contributed by atoms with Crippen molar-refractivity contribution in [1.82, 2.24) is 15.2 Å². The van der Waals surface area contributed by atoms with Crippen LogP contribution in [-0.2, 0) is 26.9 Å². The van der Waals surface area contributed by atoms with E-state index in [0.717, 1.165) is 55.2 Å². The number of piperidine rings is 1. The van der Waals surface area contributed by atoms with E-state index < -0.39 is 11.7 Å². The van der Waals surface area contributed by atoms with Crippen LogP contribution in [0.2, 0.25) is 0 Å². The third kappa shape index (κ3) is 8.90.